The molecule has 1 aliphatic rings. The predicted octanol–water partition coefficient (Wildman–Crippen LogP) is 4.13. The van der Waals surface area contributed by atoms with E-state index in [1.54, 1.807) is 0 Å². The van der Waals surface area contributed by atoms with Crippen LogP contribution in [0.5, 0.6) is 0 Å². The van der Waals surface area contributed by atoms with Crippen LogP contribution in [0.3, 0.4) is 0 Å². The largest absolute Gasteiger partial charge is 0.380 e. The van der Waals surface area contributed by atoms with E-state index in [1.165, 1.54) is 43.4 Å². The number of nitrogens with one attached hydrogen (secondary N) is 1. The first-order valence-corrected chi connectivity index (χ1v) is 6.03. The minimum absolute atomic E-state index is 0.324. The highest BCUT2D eigenvalue weighted by molar-refractivity contribution is 5.52. The molecule has 1 saturated carbocycles. The van der Waals surface area contributed by atoms with Gasteiger partial charge < -0.3 is 5.32 Å². The highest BCUT2D eigenvalue weighted by atomic mass is 15.0. The third-order valence-electron chi connectivity index (χ3n) is 3.54. The lowest BCUT2D eigenvalue weighted by molar-refractivity contribution is 0.349. The molecule has 15 heavy (non-hydrogen) atoms. The minimum Gasteiger partial charge on any atom is -0.380 e. The lowest BCUT2D eigenvalue weighted by Crippen LogP contribution is -2.36. The van der Waals surface area contributed by atoms with Gasteiger partial charge in [-0.1, -0.05) is 37.5 Å². The molecule has 0 saturated heterocycles. The van der Waals surface area contributed by atoms with Crippen LogP contribution in [0.25, 0.3) is 0 Å². The summed E-state index contributed by atoms with van der Waals surface area (Å²) in [5.41, 5.74) is 2.98. The maximum atomic E-state index is 3.73. The van der Waals surface area contributed by atoms with Gasteiger partial charge in [-0.05, 0) is 38.3 Å². The molecule has 1 nitrogen and oxygen atoms in total. The van der Waals surface area contributed by atoms with Gasteiger partial charge in [0.2, 0.25) is 0 Å². The van der Waals surface area contributed by atoms with Gasteiger partial charge in [0.15, 0.2) is 0 Å². The van der Waals surface area contributed by atoms with Gasteiger partial charge in [0.25, 0.3) is 0 Å². The van der Waals surface area contributed by atoms with E-state index in [4.69, 9.17) is 0 Å². The van der Waals surface area contributed by atoms with Crippen LogP contribution in [-0.2, 0) is 0 Å². The Bertz CT molecular complexity index is 324. The Morgan fingerprint density at radius 1 is 1.07 bits per heavy atom. The van der Waals surface area contributed by atoms with E-state index < -0.39 is 0 Å². The standard InChI is InChI=1S/C14H21N/c1-12-8-4-5-9-13(12)15-14(2)10-6-3-7-11-14/h4-5,8-9,15H,3,6-7,10-11H2,1-2H3. The van der Waals surface area contributed by atoms with E-state index in [-0.39, 0.29) is 0 Å². The number of aryl methyl sites for hydroxylation is 1. The molecule has 0 amide bonds. The summed E-state index contributed by atoms with van der Waals surface area (Å²) in [5, 5.41) is 3.73. The Kier molecular flexibility index (Phi) is 2.99. The zero-order chi connectivity index (χ0) is 10.7. The first-order valence-electron chi connectivity index (χ1n) is 6.03. The smallest absolute Gasteiger partial charge is 0.0374 e. The van der Waals surface area contributed by atoms with Gasteiger partial charge in [-0.2, -0.15) is 0 Å². The normalized spacial score (nSPS) is 19.9. The van der Waals surface area contributed by atoms with Crippen molar-refractivity contribution in [2.45, 2.75) is 51.5 Å². The Labute approximate surface area is 92.9 Å². The van der Waals surface area contributed by atoms with Gasteiger partial charge in [0.05, 0.1) is 0 Å². The van der Waals surface area contributed by atoms with E-state index in [0.29, 0.717) is 5.54 Å². The minimum atomic E-state index is 0.324. The van der Waals surface area contributed by atoms with Crippen LogP contribution in [0.15, 0.2) is 24.3 Å². The first kappa shape index (κ1) is 10.5. The molecule has 1 aromatic rings. The van der Waals surface area contributed by atoms with Gasteiger partial charge in [0, 0.05) is 11.2 Å². The number of hydrogen-bond donors (Lipinski definition) is 1. The van der Waals surface area contributed by atoms with Crippen molar-refractivity contribution in [1.29, 1.82) is 0 Å². The summed E-state index contributed by atoms with van der Waals surface area (Å²) in [6, 6.07) is 8.58. The third-order valence-corrected chi connectivity index (χ3v) is 3.54. The highest BCUT2D eigenvalue weighted by Crippen LogP contribution is 2.31. The molecule has 0 heterocycles. The van der Waals surface area contributed by atoms with Crippen LogP contribution >= 0.6 is 0 Å². The molecule has 0 bridgehead atoms. The molecule has 1 aromatic carbocycles. The lowest BCUT2D eigenvalue weighted by atomic mass is 9.83. The molecular formula is C14H21N. The average Bonchev–Trinajstić information content (AvgIpc) is 2.22. The first-order chi connectivity index (χ1) is 7.20. The van der Waals surface area contributed by atoms with Crippen molar-refractivity contribution in [2.24, 2.45) is 0 Å². The maximum absolute atomic E-state index is 3.73. The SMILES string of the molecule is Cc1ccccc1NC1(C)CCCCC1. The van der Waals surface area contributed by atoms with Crippen molar-refractivity contribution < 1.29 is 0 Å². The van der Waals surface area contributed by atoms with E-state index in [2.05, 4.69) is 43.4 Å². The fourth-order valence-electron chi connectivity index (χ4n) is 2.50. The van der Waals surface area contributed by atoms with Crippen LogP contribution in [0.1, 0.15) is 44.6 Å². The quantitative estimate of drug-likeness (QED) is 0.762. The Morgan fingerprint density at radius 2 is 1.73 bits per heavy atom. The van der Waals surface area contributed by atoms with Gasteiger partial charge in [-0.25, -0.2) is 0 Å². The molecule has 0 aromatic heterocycles. The second-order valence-electron chi connectivity index (χ2n) is 5.06. The summed E-state index contributed by atoms with van der Waals surface area (Å²) in [5.74, 6) is 0. The molecule has 0 unspecified atom stereocenters. The number of rotatable bonds is 2. The van der Waals surface area contributed by atoms with Crippen LogP contribution in [0, 0.1) is 6.92 Å². The Morgan fingerprint density at radius 3 is 2.40 bits per heavy atom. The predicted molar refractivity (Wildman–Crippen MR) is 66.3 cm³/mol. The van der Waals surface area contributed by atoms with Crippen LogP contribution < -0.4 is 5.32 Å². The lowest BCUT2D eigenvalue weighted by Gasteiger charge is -2.36. The molecule has 82 valence electrons. The molecule has 1 fully saturated rings. The summed E-state index contributed by atoms with van der Waals surface area (Å²) < 4.78 is 0. The summed E-state index contributed by atoms with van der Waals surface area (Å²) >= 11 is 0. The number of benzene rings is 1. The van der Waals surface area contributed by atoms with Crippen molar-refractivity contribution >= 4 is 5.69 Å². The monoisotopic (exact) mass is 203 g/mol. The van der Waals surface area contributed by atoms with Gasteiger partial charge in [0.1, 0.15) is 0 Å². The topological polar surface area (TPSA) is 12.0 Å². The van der Waals surface area contributed by atoms with Crippen LogP contribution in [0.4, 0.5) is 5.69 Å². The number of para-hydroxylation sites is 1. The van der Waals surface area contributed by atoms with Gasteiger partial charge >= 0.3 is 0 Å². The van der Waals surface area contributed by atoms with E-state index in [1.807, 2.05) is 0 Å². The highest BCUT2D eigenvalue weighted by Gasteiger charge is 2.26. The van der Waals surface area contributed by atoms with E-state index in [9.17, 15) is 0 Å². The molecule has 0 radical (unpaired) electrons. The molecule has 1 N–H and O–H groups in total. The van der Waals surface area contributed by atoms with Crippen molar-refractivity contribution in [3.63, 3.8) is 0 Å². The zero-order valence-electron chi connectivity index (χ0n) is 9.84. The van der Waals surface area contributed by atoms with E-state index >= 15 is 0 Å². The van der Waals surface area contributed by atoms with E-state index in [0.717, 1.165) is 0 Å². The number of hydrogen-bond acceptors (Lipinski definition) is 1. The van der Waals surface area contributed by atoms with Crippen molar-refractivity contribution in [3.8, 4) is 0 Å². The Hall–Kier alpha value is -0.980. The van der Waals surface area contributed by atoms with Crippen LogP contribution in [-0.4, -0.2) is 5.54 Å². The summed E-state index contributed by atoms with van der Waals surface area (Å²) in [7, 11) is 0. The average molecular weight is 203 g/mol. The molecule has 0 spiro atoms. The molecular weight excluding hydrogens is 182 g/mol. The van der Waals surface area contributed by atoms with Crippen molar-refractivity contribution in [3.05, 3.63) is 29.8 Å². The second kappa shape index (κ2) is 4.26. The zero-order valence-corrected chi connectivity index (χ0v) is 9.84. The molecule has 0 atom stereocenters. The summed E-state index contributed by atoms with van der Waals surface area (Å²) in [6.45, 7) is 4.53. The fourth-order valence-corrected chi connectivity index (χ4v) is 2.50. The molecule has 1 heteroatoms. The second-order valence-corrected chi connectivity index (χ2v) is 5.06. The van der Waals surface area contributed by atoms with Crippen molar-refractivity contribution in [1.82, 2.24) is 0 Å². The maximum Gasteiger partial charge on any atom is 0.0374 e. The molecule has 0 aliphatic heterocycles. The molecule has 1 aliphatic carbocycles. The van der Waals surface area contributed by atoms with Gasteiger partial charge in [-0.15, -0.1) is 0 Å². The van der Waals surface area contributed by atoms with Crippen molar-refractivity contribution in [2.75, 3.05) is 5.32 Å². The van der Waals surface area contributed by atoms with Crippen LogP contribution in [0.2, 0.25) is 0 Å². The van der Waals surface area contributed by atoms with Gasteiger partial charge in [-0.3, -0.25) is 0 Å². The Balaban J connectivity index is 2.10. The molecule has 2 rings (SSSR count). The third kappa shape index (κ3) is 2.53. The summed E-state index contributed by atoms with van der Waals surface area (Å²) in [6.07, 6.45) is 6.76. The fraction of sp³-hybridized carbons (Fsp3) is 0.571. The number of anilines is 1. The summed E-state index contributed by atoms with van der Waals surface area (Å²) in [4.78, 5) is 0.